The maximum Gasteiger partial charge on any atom is 0.449 e. The van der Waals surface area contributed by atoms with Crippen LogP contribution < -0.4 is 5.73 Å². The van der Waals surface area contributed by atoms with Crippen LogP contribution in [0.3, 0.4) is 0 Å². The normalized spacial score (nSPS) is 11.3. The molecule has 0 spiro atoms. The molecule has 0 atom stereocenters. The van der Waals surface area contributed by atoms with Crippen LogP contribution in [0.15, 0.2) is 28.9 Å². The van der Waals surface area contributed by atoms with Crippen LogP contribution in [0, 0.1) is 0 Å². The van der Waals surface area contributed by atoms with Crippen molar-refractivity contribution in [2.75, 3.05) is 0 Å². The minimum atomic E-state index is -4.45. The third-order valence-corrected chi connectivity index (χ3v) is 2.18. The predicted octanol–water partition coefficient (Wildman–Crippen LogP) is 2.42. The Morgan fingerprint density at radius 1 is 1.33 bits per heavy atom. The van der Waals surface area contributed by atoms with E-state index < -0.39 is 11.9 Å². The van der Waals surface area contributed by atoms with E-state index in [1.165, 1.54) is 10.7 Å². The molecule has 0 fully saturated rings. The number of aromatic nitrogens is 2. The average Bonchev–Trinajstić information content (AvgIpc) is 2.86. The zero-order valence-corrected chi connectivity index (χ0v) is 9.96. The zero-order chi connectivity index (χ0) is 12.5. The molecule has 4 nitrogen and oxygen atoms in total. The van der Waals surface area contributed by atoms with Crippen LogP contribution in [0.1, 0.15) is 17.1 Å². The lowest BCUT2D eigenvalue weighted by Crippen LogP contribution is -2.03. The van der Waals surface area contributed by atoms with E-state index in [1.807, 2.05) is 0 Å². The summed E-state index contributed by atoms with van der Waals surface area (Å²) in [5.41, 5.74) is 6.20. The van der Waals surface area contributed by atoms with E-state index in [4.69, 9.17) is 5.73 Å². The molecule has 0 aromatic carbocycles. The van der Waals surface area contributed by atoms with Crippen molar-refractivity contribution < 1.29 is 17.6 Å². The first-order valence-corrected chi connectivity index (χ1v) is 4.86. The van der Waals surface area contributed by atoms with Gasteiger partial charge >= 0.3 is 6.18 Å². The first-order valence-electron chi connectivity index (χ1n) is 4.86. The molecule has 18 heavy (non-hydrogen) atoms. The largest absolute Gasteiger partial charge is 0.455 e. The van der Waals surface area contributed by atoms with E-state index in [1.54, 1.807) is 12.4 Å². The lowest BCUT2D eigenvalue weighted by molar-refractivity contribution is -0.153. The van der Waals surface area contributed by atoms with Gasteiger partial charge in [0.25, 0.3) is 0 Å². The maximum atomic E-state index is 12.3. The molecular weight excluding hydrogens is 271 g/mol. The molecule has 0 bridgehead atoms. The number of halogens is 4. The summed E-state index contributed by atoms with van der Waals surface area (Å²) < 4.78 is 42.9. The van der Waals surface area contributed by atoms with Crippen molar-refractivity contribution in [1.82, 2.24) is 9.78 Å². The second kappa shape index (κ2) is 5.45. The number of rotatable bonds is 3. The number of alkyl halides is 3. The Hall–Kier alpha value is -1.47. The lowest BCUT2D eigenvalue weighted by Gasteiger charge is -2.01. The molecule has 0 unspecified atom stereocenters. The van der Waals surface area contributed by atoms with E-state index in [-0.39, 0.29) is 24.7 Å². The molecule has 8 heteroatoms. The molecule has 0 aliphatic carbocycles. The number of nitrogens with two attached hydrogens (primary N) is 1. The number of nitrogens with zero attached hydrogens (tertiary/aromatic N) is 2. The van der Waals surface area contributed by atoms with Crippen molar-refractivity contribution in [3.63, 3.8) is 0 Å². The van der Waals surface area contributed by atoms with Crippen molar-refractivity contribution >= 4 is 12.4 Å². The summed E-state index contributed by atoms with van der Waals surface area (Å²) in [6.07, 6.45) is -1.23. The van der Waals surface area contributed by atoms with Crippen LogP contribution >= 0.6 is 12.4 Å². The highest BCUT2D eigenvalue weighted by atomic mass is 35.5. The number of hydrogen-bond donors (Lipinski definition) is 1. The zero-order valence-electron chi connectivity index (χ0n) is 9.15. The fourth-order valence-electron chi connectivity index (χ4n) is 1.37. The van der Waals surface area contributed by atoms with E-state index in [2.05, 4.69) is 9.52 Å². The molecular formula is C10H11ClF3N3O. The Morgan fingerprint density at radius 2 is 2.06 bits per heavy atom. The summed E-state index contributed by atoms with van der Waals surface area (Å²) in [5.74, 6) is -0.803. The summed E-state index contributed by atoms with van der Waals surface area (Å²) in [4.78, 5) is 0. The predicted molar refractivity (Wildman–Crippen MR) is 60.2 cm³/mol. The second-order valence-corrected chi connectivity index (χ2v) is 3.51. The van der Waals surface area contributed by atoms with Gasteiger partial charge in [-0.1, -0.05) is 0 Å². The second-order valence-electron chi connectivity index (χ2n) is 3.51. The standard InChI is InChI=1S/C10H10F3N3O.ClH/c11-10(12,13)9-2-1-8(17-9)6-16-5-7(3-14)4-15-16;/h1-2,4-5H,3,6,14H2;1H. The van der Waals surface area contributed by atoms with Crippen molar-refractivity contribution in [2.45, 2.75) is 19.3 Å². The summed E-state index contributed by atoms with van der Waals surface area (Å²) in [6.45, 7) is 0.488. The molecule has 0 saturated carbocycles. The van der Waals surface area contributed by atoms with Gasteiger partial charge in [-0.15, -0.1) is 12.4 Å². The fraction of sp³-hybridized carbons (Fsp3) is 0.300. The van der Waals surface area contributed by atoms with Crippen molar-refractivity contribution in [1.29, 1.82) is 0 Å². The SMILES string of the molecule is Cl.NCc1cnn(Cc2ccc(C(F)(F)F)o2)c1. The third-order valence-electron chi connectivity index (χ3n) is 2.18. The molecule has 0 amide bonds. The Bertz CT molecular complexity index is 506. The molecule has 2 heterocycles. The summed E-state index contributed by atoms with van der Waals surface area (Å²) in [7, 11) is 0. The smallest absolute Gasteiger partial charge is 0.449 e. The molecule has 2 rings (SSSR count). The summed E-state index contributed by atoms with van der Waals surface area (Å²) >= 11 is 0. The fourth-order valence-corrected chi connectivity index (χ4v) is 1.37. The van der Waals surface area contributed by atoms with Gasteiger partial charge in [0.2, 0.25) is 5.76 Å². The Balaban J connectivity index is 0.00000162. The third kappa shape index (κ3) is 3.27. The van der Waals surface area contributed by atoms with Gasteiger partial charge in [-0.05, 0) is 12.1 Å². The summed E-state index contributed by atoms with van der Waals surface area (Å²) in [6, 6.07) is 2.19. The molecule has 100 valence electrons. The van der Waals surface area contributed by atoms with E-state index in [0.717, 1.165) is 11.6 Å². The van der Waals surface area contributed by atoms with Gasteiger partial charge in [-0.25, -0.2) is 0 Å². The lowest BCUT2D eigenvalue weighted by atomic mass is 10.4. The highest BCUT2D eigenvalue weighted by molar-refractivity contribution is 5.85. The van der Waals surface area contributed by atoms with E-state index in [0.29, 0.717) is 6.54 Å². The molecule has 0 aliphatic heterocycles. The monoisotopic (exact) mass is 281 g/mol. The van der Waals surface area contributed by atoms with Crippen LogP contribution in [0.4, 0.5) is 13.2 Å². The van der Waals surface area contributed by atoms with Crippen LogP contribution in [0.2, 0.25) is 0 Å². The van der Waals surface area contributed by atoms with Crippen LogP contribution in [0.25, 0.3) is 0 Å². The Morgan fingerprint density at radius 3 is 2.56 bits per heavy atom. The van der Waals surface area contributed by atoms with Crippen molar-refractivity contribution in [3.8, 4) is 0 Å². The van der Waals surface area contributed by atoms with Gasteiger partial charge in [0.15, 0.2) is 0 Å². The Labute approximate surface area is 107 Å². The number of hydrogen-bond acceptors (Lipinski definition) is 3. The van der Waals surface area contributed by atoms with Gasteiger partial charge in [0, 0.05) is 18.3 Å². The van der Waals surface area contributed by atoms with Gasteiger partial charge in [-0.2, -0.15) is 18.3 Å². The minimum Gasteiger partial charge on any atom is -0.455 e. The van der Waals surface area contributed by atoms with Gasteiger partial charge in [0.05, 0.1) is 12.7 Å². The number of furan rings is 1. The first-order chi connectivity index (χ1) is 7.99. The minimum absolute atomic E-state index is 0. The summed E-state index contributed by atoms with van der Waals surface area (Å²) in [5, 5.41) is 3.95. The molecule has 2 aromatic heterocycles. The van der Waals surface area contributed by atoms with Gasteiger partial charge < -0.3 is 10.2 Å². The molecule has 0 radical (unpaired) electrons. The van der Waals surface area contributed by atoms with Crippen molar-refractivity contribution in [3.05, 3.63) is 41.6 Å². The average molecular weight is 282 g/mol. The topological polar surface area (TPSA) is 57.0 Å². The van der Waals surface area contributed by atoms with Gasteiger partial charge in [0.1, 0.15) is 5.76 Å². The maximum absolute atomic E-state index is 12.3. The first kappa shape index (κ1) is 14.6. The van der Waals surface area contributed by atoms with E-state index in [9.17, 15) is 13.2 Å². The Kier molecular flexibility index (Phi) is 4.42. The molecule has 2 N–H and O–H groups in total. The molecule has 0 saturated heterocycles. The highest BCUT2D eigenvalue weighted by Crippen LogP contribution is 2.30. The molecule has 0 aliphatic rings. The van der Waals surface area contributed by atoms with Crippen LogP contribution in [-0.4, -0.2) is 9.78 Å². The van der Waals surface area contributed by atoms with Crippen LogP contribution in [0.5, 0.6) is 0 Å². The van der Waals surface area contributed by atoms with E-state index >= 15 is 0 Å². The van der Waals surface area contributed by atoms with Gasteiger partial charge in [-0.3, -0.25) is 4.68 Å². The van der Waals surface area contributed by atoms with Crippen LogP contribution in [-0.2, 0) is 19.3 Å². The van der Waals surface area contributed by atoms with Crippen molar-refractivity contribution in [2.24, 2.45) is 5.73 Å². The molecule has 2 aromatic rings. The highest BCUT2D eigenvalue weighted by Gasteiger charge is 2.34. The quantitative estimate of drug-likeness (QED) is 0.940.